The van der Waals surface area contributed by atoms with Gasteiger partial charge in [0.2, 0.25) is 20.0 Å². The summed E-state index contributed by atoms with van der Waals surface area (Å²) >= 11 is 0. The second kappa shape index (κ2) is 10.0. The maximum absolute atomic E-state index is 14.5. The van der Waals surface area contributed by atoms with Gasteiger partial charge in [-0.1, -0.05) is 25.3 Å². The molecule has 204 valence electrons. The summed E-state index contributed by atoms with van der Waals surface area (Å²) in [5.74, 6) is -4.09. The molecular weight excluding hydrogens is 539 g/mol. The van der Waals surface area contributed by atoms with Gasteiger partial charge in [0.15, 0.2) is 11.6 Å². The molecule has 0 bridgehead atoms. The lowest BCUT2D eigenvalue weighted by Crippen LogP contribution is -2.42. The lowest BCUT2D eigenvalue weighted by atomic mass is 9.81. The summed E-state index contributed by atoms with van der Waals surface area (Å²) in [5.41, 5.74) is 1.45. The highest BCUT2D eigenvalue weighted by Crippen LogP contribution is 2.45. The van der Waals surface area contributed by atoms with Gasteiger partial charge in [0, 0.05) is 10.9 Å². The standard InChI is InChI=1S/C25H27FN2O8S2/c1-37(33,34)28(38(2,35)36)22(30)14-27-20-13-17(25(31)32)8-10-18(20)23(15-6-4-3-5-7-15)24(27)16-9-11-21(29)19(26)12-16/h8-13,15,29H,3-7,14H2,1-2H3,(H,31,32). The first-order chi connectivity index (χ1) is 17.7. The number of phenols is 1. The average Bonchev–Trinajstić information content (AvgIpc) is 3.12. The Kier molecular flexibility index (Phi) is 7.28. The molecule has 1 aromatic heterocycles. The van der Waals surface area contributed by atoms with E-state index >= 15 is 0 Å². The quantitative estimate of drug-likeness (QED) is 0.440. The molecule has 0 atom stereocenters. The molecule has 0 radical (unpaired) electrons. The second-order valence-corrected chi connectivity index (χ2v) is 13.4. The van der Waals surface area contributed by atoms with Gasteiger partial charge in [-0.2, -0.15) is 0 Å². The fraction of sp³-hybridized carbons (Fsp3) is 0.360. The average molecular weight is 567 g/mol. The van der Waals surface area contributed by atoms with Crippen LogP contribution >= 0.6 is 0 Å². The van der Waals surface area contributed by atoms with Crippen molar-refractivity contribution in [2.24, 2.45) is 0 Å². The SMILES string of the molecule is CS(=O)(=O)N(C(=O)Cn1c(-c2ccc(O)c(F)c2)c(C2CCCCC2)c2ccc(C(=O)O)cc21)S(C)(=O)=O. The Labute approximate surface area is 219 Å². The van der Waals surface area contributed by atoms with Gasteiger partial charge in [0.25, 0.3) is 5.91 Å². The van der Waals surface area contributed by atoms with E-state index < -0.39 is 50.0 Å². The van der Waals surface area contributed by atoms with Gasteiger partial charge >= 0.3 is 5.97 Å². The van der Waals surface area contributed by atoms with Crippen molar-refractivity contribution in [3.63, 3.8) is 0 Å². The molecule has 4 rings (SSSR count). The predicted molar refractivity (Wildman–Crippen MR) is 138 cm³/mol. The van der Waals surface area contributed by atoms with Crippen LogP contribution in [0.1, 0.15) is 53.9 Å². The van der Waals surface area contributed by atoms with Crippen LogP contribution in [0.2, 0.25) is 0 Å². The summed E-state index contributed by atoms with van der Waals surface area (Å²) in [6, 6.07) is 7.96. The van der Waals surface area contributed by atoms with Gasteiger partial charge in [-0.15, -0.1) is 3.71 Å². The number of rotatable bonds is 7. The number of halogens is 1. The number of carboxylic acid groups (broad SMARTS) is 1. The smallest absolute Gasteiger partial charge is 0.335 e. The van der Waals surface area contributed by atoms with E-state index in [1.54, 1.807) is 6.07 Å². The highest BCUT2D eigenvalue weighted by molar-refractivity contribution is 8.04. The van der Waals surface area contributed by atoms with Crippen LogP contribution in [-0.2, 0) is 31.4 Å². The normalized spacial score (nSPS) is 15.0. The van der Waals surface area contributed by atoms with E-state index in [0.717, 1.165) is 49.8 Å². The summed E-state index contributed by atoms with van der Waals surface area (Å²) in [6.07, 6.45) is 5.60. The maximum atomic E-state index is 14.5. The molecule has 0 saturated heterocycles. The van der Waals surface area contributed by atoms with Crippen LogP contribution in [0.4, 0.5) is 4.39 Å². The number of hydrogen-bond acceptors (Lipinski definition) is 7. The molecule has 1 saturated carbocycles. The number of fused-ring (bicyclic) bond motifs is 1. The first kappa shape index (κ1) is 27.6. The Balaban J connectivity index is 2.07. The zero-order valence-electron chi connectivity index (χ0n) is 20.7. The van der Waals surface area contributed by atoms with Crippen molar-refractivity contribution in [2.75, 3.05) is 12.5 Å². The number of benzene rings is 2. The topological polar surface area (TPSA) is 151 Å². The Hall–Kier alpha value is -3.45. The number of carboxylic acids is 1. The van der Waals surface area contributed by atoms with Crippen molar-refractivity contribution >= 4 is 42.8 Å². The van der Waals surface area contributed by atoms with E-state index in [1.807, 2.05) is 0 Å². The fourth-order valence-corrected chi connectivity index (χ4v) is 8.08. The van der Waals surface area contributed by atoms with Crippen LogP contribution in [0.5, 0.6) is 5.75 Å². The Morgan fingerprint density at radius 2 is 1.63 bits per heavy atom. The van der Waals surface area contributed by atoms with Gasteiger partial charge in [-0.25, -0.2) is 26.0 Å². The first-order valence-electron chi connectivity index (χ1n) is 11.8. The molecular formula is C25H27FN2O8S2. The van der Waals surface area contributed by atoms with Crippen molar-refractivity contribution in [1.29, 1.82) is 0 Å². The monoisotopic (exact) mass is 566 g/mol. The van der Waals surface area contributed by atoms with Gasteiger partial charge in [0.05, 0.1) is 29.3 Å². The van der Waals surface area contributed by atoms with Gasteiger partial charge in [-0.05, 0) is 54.7 Å². The first-order valence-corrected chi connectivity index (χ1v) is 15.5. The number of carbonyl (C=O) groups excluding carboxylic acids is 1. The number of amides is 1. The summed E-state index contributed by atoms with van der Waals surface area (Å²) in [5, 5.41) is 20.0. The lowest BCUT2D eigenvalue weighted by molar-refractivity contribution is -0.123. The molecule has 2 aromatic carbocycles. The highest BCUT2D eigenvalue weighted by atomic mass is 32.3. The molecule has 1 amide bonds. The lowest BCUT2D eigenvalue weighted by Gasteiger charge is -2.24. The van der Waals surface area contributed by atoms with E-state index in [1.165, 1.54) is 22.8 Å². The predicted octanol–water partition coefficient (Wildman–Crippen LogP) is 3.65. The van der Waals surface area contributed by atoms with E-state index in [4.69, 9.17) is 0 Å². The molecule has 38 heavy (non-hydrogen) atoms. The zero-order chi connectivity index (χ0) is 28.0. The minimum Gasteiger partial charge on any atom is -0.505 e. The Morgan fingerprint density at radius 1 is 1.00 bits per heavy atom. The molecule has 1 aliphatic carbocycles. The van der Waals surface area contributed by atoms with Crippen LogP contribution < -0.4 is 0 Å². The third-order valence-electron chi connectivity index (χ3n) is 6.68. The van der Waals surface area contributed by atoms with Crippen LogP contribution in [0, 0.1) is 5.82 Å². The molecule has 0 unspecified atom stereocenters. The Morgan fingerprint density at radius 3 is 2.18 bits per heavy atom. The summed E-state index contributed by atoms with van der Waals surface area (Å²) in [4.78, 5) is 25.0. The molecule has 0 spiro atoms. The summed E-state index contributed by atoms with van der Waals surface area (Å²) in [7, 11) is -9.05. The third kappa shape index (κ3) is 5.25. The third-order valence-corrected chi connectivity index (χ3v) is 9.92. The number of sulfonamides is 2. The molecule has 2 N–H and O–H groups in total. The number of carbonyl (C=O) groups is 2. The summed E-state index contributed by atoms with van der Waals surface area (Å²) < 4.78 is 64.7. The van der Waals surface area contributed by atoms with Gasteiger partial charge < -0.3 is 14.8 Å². The molecule has 1 aliphatic rings. The van der Waals surface area contributed by atoms with Gasteiger partial charge in [0.1, 0.15) is 6.54 Å². The van der Waals surface area contributed by atoms with Crippen molar-refractivity contribution in [3.05, 3.63) is 53.3 Å². The van der Waals surface area contributed by atoms with Crippen molar-refractivity contribution in [3.8, 4) is 17.0 Å². The number of phenolic OH excluding ortho intramolecular Hbond substituents is 1. The number of hydrogen-bond donors (Lipinski definition) is 2. The maximum Gasteiger partial charge on any atom is 0.335 e. The number of aromatic hydroxyl groups is 1. The van der Waals surface area contributed by atoms with Crippen LogP contribution in [0.15, 0.2) is 36.4 Å². The molecule has 3 aromatic rings. The number of nitrogens with zero attached hydrogens (tertiary/aromatic N) is 2. The minimum atomic E-state index is -4.52. The molecule has 13 heteroatoms. The van der Waals surface area contributed by atoms with E-state index in [-0.39, 0.29) is 26.3 Å². The molecule has 1 fully saturated rings. The molecule has 10 nitrogen and oxygen atoms in total. The van der Waals surface area contributed by atoms with Crippen LogP contribution in [0.25, 0.3) is 22.2 Å². The Bertz CT molecular complexity index is 1620. The van der Waals surface area contributed by atoms with Gasteiger partial charge in [-0.3, -0.25) is 4.79 Å². The largest absolute Gasteiger partial charge is 0.505 e. The van der Waals surface area contributed by atoms with E-state index in [9.17, 15) is 41.0 Å². The number of aromatic nitrogens is 1. The minimum absolute atomic E-state index is 0.0361. The highest BCUT2D eigenvalue weighted by Gasteiger charge is 2.35. The van der Waals surface area contributed by atoms with Crippen molar-refractivity contribution in [1.82, 2.24) is 8.28 Å². The number of aromatic carboxylic acids is 1. The van der Waals surface area contributed by atoms with E-state index in [2.05, 4.69) is 0 Å². The van der Waals surface area contributed by atoms with Crippen LogP contribution in [-0.4, -0.2) is 59.7 Å². The van der Waals surface area contributed by atoms with Crippen LogP contribution in [0.3, 0.4) is 0 Å². The summed E-state index contributed by atoms with van der Waals surface area (Å²) in [6.45, 7) is -0.787. The van der Waals surface area contributed by atoms with Crippen molar-refractivity contribution < 1.29 is 41.0 Å². The fourth-order valence-electron chi connectivity index (χ4n) is 5.25. The van der Waals surface area contributed by atoms with E-state index in [0.29, 0.717) is 23.6 Å². The second-order valence-electron chi connectivity index (χ2n) is 9.50. The molecule has 0 aliphatic heterocycles. The molecule has 1 heterocycles. The zero-order valence-corrected chi connectivity index (χ0v) is 22.3. The van der Waals surface area contributed by atoms with Crippen molar-refractivity contribution in [2.45, 2.75) is 44.6 Å².